The van der Waals surface area contributed by atoms with Crippen molar-refractivity contribution < 1.29 is 0 Å². The van der Waals surface area contributed by atoms with Crippen LogP contribution in [0, 0.1) is 10.8 Å². The summed E-state index contributed by atoms with van der Waals surface area (Å²) in [6.07, 6.45) is 30.9. The molecule has 0 amide bonds. The van der Waals surface area contributed by atoms with Crippen LogP contribution in [0.3, 0.4) is 0 Å². The Bertz CT molecular complexity index is 389. The molecule has 0 N–H and O–H groups in total. The summed E-state index contributed by atoms with van der Waals surface area (Å²) in [7, 11) is 2.37. The topological polar surface area (TPSA) is 3.24 Å². The minimum absolute atomic E-state index is 0.552. The molecule has 1 nitrogen and oxygen atoms in total. The maximum Gasteiger partial charge on any atom is -0.00166 e. The minimum Gasteiger partial charge on any atom is -0.306 e. The van der Waals surface area contributed by atoms with E-state index in [2.05, 4.69) is 25.8 Å². The van der Waals surface area contributed by atoms with Crippen molar-refractivity contribution in [1.82, 2.24) is 4.90 Å². The van der Waals surface area contributed by atoms with E-state index in [0.717, 1.165) is 0 Å². The van der Waals surface area contributed by atoms with Crippen molar-refractivity contribution in [3.63, 3.8) is 0 Å². The highest BCUT2D eigenvalue weighted by Crippen LogP contribution is 2.46. The van der Waals surface area contributed by atoms with Crippen LogP contribution in [-0.4, -0.2) is 25.0 Å². The van der Waals surface area contributed by atoms with E-state index in [9.17, 15) is 0 Å². The van der Waals surface area contributed by atoms with Crippen molar-refractivity contribution in [2.45, 2.75) is 149 Å². The molecular formula is C28H55N. The summed E-state index contributed by atoms with van der Waals surface area (Å²) in [6.45, 7) is 7.97. The van der Waals surface area contributed by atoms with Crippen molar-refractivity contribution >= 4 is 0 Å². The van der Waals surface area contributed by atoms with E-state index in [1.165, 1.54) is 148 Å². The van der Waals surface area contributed by atoms with Gasteiger partial charge in [0.25, 0.3) is 0 Å². The molecule has 1 unspecified atom stereocenters. The molecule has 1 saturated carbocycles. The van der Waals surface area contributed by atoms with Crippen LogP contribution in [0.2, 0.25) is 0 Å². The molecule has 1 atom stereocenters. The van der Waals surface area contributed by atoms with Gasteiger partial charge in [0.1, 0.15) is 0 Å². The zero-order chi connectivity index (χ0) is 20.8. The third-order valence-corrected chi connectivity index (χ3v) is 8.33. The lowest BCUT2D eigenvalue weighted by molar-refractivity contribution is 0.0990. The van der Waals surface area contributed by atoms with Crippen LogP contribution in [0.1, 0.15) is 149 Å². The number of rotatable bonds is 2. The van der Waals surface area contributed by atoms with Crippen molar-refractivity contribution in [1.29, 1.82) is 0 Å². The van der Waals surface area contributed by atoms with Crippen molar-refractivity contribution in [2.24, 2.45) is 10.8 Å². The van der Waals surface area contributed by atoms with E-state index >= 15 is 0 Å². The van der Waals surface area contributed by atoms with Crippen LogP contribution in [0.5, 0.6) is 0 Å². The Balaban J connectivity index is 1.98. The Labute approximate surface area is 184 Å². The van der Waals surface area contributed by atoms with Gasteiger partial charge in [0, 0.05) is 0 Å². The van der Waals surface area contributed by atoms with Gasteiger partial charge in [-0.15, -0.1) is 0 Å². The van der Waals surface area contributed by atoms with Gasteiger partial charge >= 0.3 is 0 Å². The Morgan fingerprint density at radius 2 is 0.793 bits per heavy atom. The fourth-order valence-corrected chi connectivity index (χ4v) is 6.36. The van der Waals surface area contributed by atoms with Gasteiger partial charge in [-0.25, -0.2) is 0 Å². The van der Waals surface area contributed by atoms with E-state index < -0.39 is 0 Å². The number of nitrogens with zero attached hydrogens (tertiary/aromatic N) is 1. The second-order valence-electron chi connectivity index (χ2n) is 11.8. The average molecular weight is 406 g/mol. The molecule has 0 bridgehead atoms. The summed E-state index contributed by atoms with van der Waals surface area (Å²) < 4.78 is 0. The highest BCUT2D eigenvalue weighted by molar-refractivity contribution is 4.86. The molecule has 1 aliphatic carbocycles. The Morgan fingerprint density at radius 3 is 1.24 bits per heavy atom. The highest BCUT2D eigenvalue weighted by Gasteiger charge is 2.34. The molecule has 2 fully saturated rings. The van der Waals surface area contributed by atoms with Crippen LogP contribution in [0.15, 0.2) is 0 Å². The summed E-state index contributed by atoms with van der Waals surface area (Å²) in [5.74, 6) is 0. The summed E-state index contributed by atoms with van der Waals surface area (Å²) in [5.41, 5.74) is 1.13. The Morgan fingerprint density at radius 1 is 0.448 bits per heavy atom. The first-order valence-corrected chi connectivity index (χ1v) is 13.7. The van der Waals surface area contributed by atoms with Crippen LogP contribution < -0.4 is 0 Å². The van der Waals surface area contributed by atoms with Gasteiger partial charge in [-0.1, -0.05) is 110 Å². The van der Waals surface area contributed by atoms with Gasteiger partial charge in [0.15, 0.2) is 0 Å². The molecule has 2 aliphatic rings. The van der Waals surface area contributed by atoms with E-state index in [1.807, 2.05) is 0 Å². The van der Waals surface area contributed by atoms with Crippen LogP contribution in [0.4, 0.5) is 0 Å². The summed E-state index contributed by atoms with van der Waals surface area (Å²) in [4.78, 5) is 2.63. The van der Waals surface area contributed by atoms with Gasteiger partial charge < -0.3 is 4.90 Å². The summed E-state index contributed by atoms with van der Waals surface area (Å²) >= 11 is 0. The SMILES string of the molecule is CN1CCCCCCCCC(C)(CC2(C)CCCCCCCCCCCC2)CC1. The lowest BCUT2D eigenvalue weighted by Crippen LogP contribution is -2.32. The van der Waals surface area contributed by atoms with E-state index in [0.29, 0.717) is 10.8 Å². The normalized spacial score (nSPS) is 30.7. The number of hydrogen-bond donors (Lipinski definition) is 0. The Hall–Kier alpha value is -0.0400. The van der Waals surface area contributed by atoms with E-state index in [4.69, 9.17) is 0 Å². The van der Waals surface area contributed by atoms with E-state index in [1.54, 1.807) is 0 Å². The van der Waals surface area contributed by atoms with Crippen molar-refractivity contribution in [3.8, 4) is 0 Å². The maximum absolute atomic E-state index is 2.68. The largest absolute Gasteiger partial charge is 0.306 e. The molecule has 0 aromatic heterocycles. The maximum atomic E-state index is 2.68. The molecule has 172 valence electrons. The predicted molar refractivity (Wildman–Crippen MR) is 131 cm³/mol. The molecule has 0 spiro atoms. The smallest absolute Gasteiger partial charge is 0.00166 e. The summed E-state index contributed by atoms with van der Waals surface area (Å²) in [5, 5.41) is 0. The minimum atomic E-state index is 0.552. The molecular weight excluding hydrogens is 350 g/mol. The molecule has 2 rings (SSSR count). The molecule has 0 radical (unpaired) electrons. The van der Waals surface area contributed by atoms with Gasteiger partial charge in [-0.3, -0.25) is 0 Å². The first kappa shape index (κ1) is 25.2. The molecule has 0 aromatic carbocycles. The predicted octanol–water partition coefficient (Wildman–Crippen LogP) is 9.15. The van der Waals surface area contributed by atoms with Crippen molar-refractivity contribution in [2.75, 3.05) is 20.1 Å². The molecule has 1 aliphatic heterocycles. The zero-order valence-corrected chi connectivity index (χ0v) is 20.7. The van der Waals surface area contributed by atoms with Gasteiger partial charge in [0.2, 0.25) is 0 Å². The standard InChI is InChI=1S/C28H55N/c1-27(20-16-12-8-6-4-5-7-9-13-17-21-27)26-28(2)22-18-14-10-11-15-19-24-29(3)25-23-28/h4-26H2,1-3H3. The third-order valence-electron chi connectivity index (χ3n) is 8.33. The second kappa shape index (κ2) is 14.1. The van der Waals surface area contributed by atoms with Gasteiger partial charge in [0.05, 0.1) is 0 Å². The quantitative estimate of drug-likeness (QED) is 0.442. The fraction of sp³-hybridized carbons (Fsp3) is 1.00. The molecule has 1 heteroatoms. The fourth-order valence-electron chi connectivity index (χ4n) is 6.36. The molecule has 0 aromatic rings. The Kier molecular flexibility index (Phi) is 12.3. The summed E-state index contributed by atoms with van der Waals surface area (Å²) in [6, 6.07) is 0. The third kappa shape index (κ3) is 11.2. The zero-order valence-electron chi connectivity index (χ0n) is 20.7. The van der Waals surface area contributed by atoms with Crippen LogP contribution in [-0.2, 0) is 0 Å². The monoisotopic (exact) mass is 405 g/mol. The second-order valence-corrected chi connectivity index (χ2v) is 11.8. The molecule has 1 heterocycles. The first-order valence-electron chi connectivity index (χ1n) is 13.7. The lowest BCUT2D eigenvalue weighted by atomic mass is 9.65. The number of hydrogen-bond acceptors (Lipinski definition) is 1. The van der Waals surface area contributed by atoms with Gasteiger partial charge in [-0.2, -0.15) is 0 Å². The van der Waals surface area contributed by atoms with E-state index in [-0.39, 0.29) is 0 Å². The van der Waals surface area contributed by atoms with Crippen LogP contribution >= 0.6 is 0 Å². The van der Waals surface area contributed by atoms with Crippen molar-refractivity contribution in [3.05, 3.63) is 0 Å². The van der Waals surface area contributed by atoms with Crippen LogP contribution in [0.25, 0.3) is 0 Å². The van der Waals surface area contributed by atoms with Gasteiger partial charge in [-0.05, 0) is 69.5 Å². The molecule has 29 heavy (non-hydrogen) atoms. The lowest BCUT2D eigenvalue weighted by Gasteiger charge is -2.41. The average Bonchev–Trinajstić information content (AvgIpc) is 2.70. The first-order chi connectivity index (χ1) is 14.0. The molecule has 1 saturated heterocycles. The highest BCUT2D eigenvalue weighted by atomic mass is 15.1.